The van der Waals surface area contributed by atoms with Gasteiger partial charge in [-0.1, -0.05) is 26.2 Å². The highest BCUT2D eigenvalue weighted by Crippen LogP contribution is 2.30. The lowest BCUT2D eigenvalue weighted by Crippen LogP contribution is -2.66. The number of nitrogens with one attached hydrogen (secondary N) is 1. The van der Waals surface area contributed by atoms with Gasteiger partial charge in [-0.25, -0.2) is 0 Å². The van der Waals surface area contributed by atoms with Crippen LogP contribution in [0.5, 0.6) is 0 Å². The number of rotatable bonds is 3. The van der Waals surface area contributed by atoms with Crippen LogP contribution in [0.15, 0.2) is 0 Å². The van der Waals surface area contributed by atoms with Gasteiger partial charge in [-0.05, 0) is 39.0 Å². The summed E-state index contributed by atoms with van der Waals surface area (Å²) in [4.78, 5) is 26.6. The highest BCUT2D eigenvalue weighted by atomic mass is 16.2. The molecule has 2 aliphatic rings. The van der Waals surface area contributed by atoms with Crippen LogP contribution in [-0.4, -0.2) is 34.8 Å². The minimum absolute atomic E-state index is 0.00970. The third-order valence-electron chi connectivity index (χ3n) is 4.80. The second kappa shape index (κ2) is 5.93. The lowest BCUT2D eigenvalue weighted by atomic mass is 9.82. The quantitative estimate of drug-likeness (QED) is 0.850. The van der Waals surface area contributed by atoms with Gasteiger partial charge in [0.1, 0.15) is 12.1 Å². The second-order valence-electron chi connectivity index (χ2n) is 6.06. The molecule has 0 aromatic rings. The van der Waals surface area contributed by atoms with E-state index in [9.17, 15) is 9.59 Å². The van der Waals surface area contributed by atoms with E-state index >= 15 is 0 Å². The molecule has 3 atom stereocenters. The number of nitrogens with zero attached hydrogens (tertiary/aromatic N) is 1. The fraction of sp³-hybridized carbons (Fsp3) is 0.867. The first kappa shape index (κ1) is 14.4. The van der Waals surface area contributed by atoms with Crippen LogP contribution in [0.2, 0.25) is 0 Å². The Balaban J connectivity index is 2.16. The summed E-state index contributed by atoms with van der Waals surface area (Å²) in [5, 5.41) is 2.96. The van der Waals surface area contributed by atoms with Gasteiger partial charge in [0.05, 0.1) is 0 Å². The van der Waals surface area contributed by atoms with Gasteiger partial charge in [-0.15, -0.1) is 0 Å². The standard InChI is InChI=1S/C15H26N2O2/c1-4-10(2)17-11(3)14(18)16-13(15(17)19)12-8-6-5-7-9-12/h10-13H,4-9H2,1-3H3,(H,16,18). The fourth-order valence-corrected chi connectivity index (χ4v) is 3.40. The first-order chi connectivity index (χ1) is 9.06. The summed E-state index contributed by atoms with van der Waals surface area (Å²) in [6.45, 7) is 5.92. The van der Waals surface area contributed by atoms with Gasteiger partial charge in [0.2, 0.25) is 11.8 Å². The first-order valence-electron chi connectivity index (χ1n) is 7.68. The highest BCUT2D eigenvalue weighted by molar-refractivity contribution is 5.97. The van der Waals surface area contributed by atoms with Gasteiger partial charge in [0.25, 0.3) is 0 Å². The predicted octanol–water partition coefficient (Wildman–Crippen LogP) is 2.08. The van der Waals surface area contributed by atoms with Crippen molar-refractivity contribution >= 4 is 11.8 Å². The van der Waals surface area contributed by atoms with Crippen molar-refractivity contribution < 1.29 is 9.59 Å². The zero-order chi connectivity index (χ0) is 14.0. The molecule has 0 aromatic heterocycles. The number of amides is 2. The van der Waals surface area contributed by atoms with E-state index in [1.54, 1.807) is 4.90 Å². The molecular weight excluding hydrogens is 240 g/mol. The Morgan fingerprint density at radius 1 is 1.26 bits per heavy atom. The van der Waals surface area contributed by atoms with Crippen molar-refractivity contribution in [1.29, 1.82) is 0 Å². The van der Waals surface area contributed by atoms with Crippen LogP contribution >= 0.6 is 0 Å². The molecule has 1 heterocycles. The number of hydrogen-bond acceptors (Lipinski definition) is 2. The van der Waals surface area contributed by atoms with Crippen LogP contribution < -0.4 is 5.32 Å². The molecule has 0 bridgehead atoms. The minimum Gasteiger partial charge on any atom is -0.342 e. The average molecular weight is 266 g/mol. The summed E-state index contributed by atoms with van der Waals surface area (Å²) >= 11 is 0. The van der Waals surface area contributed by atoms with Crippen LogP contribution in [0, 0.1) is 5.92 Å². The fourth-order valence-electron chi connectivity index (χ4n) is 3.40. The van der Waals surface area contributed by atoms with Gasteiger partial charge in [0, 0.05) is 6.04 Å². The maximum Gasteiger partial charge on any atom is 0.246 e. The zero-order valence-electron chi connectivity index (χ0n) is 12.3. The molecule has 2 rings (SSSR count). The predicted molar refractivity (Wildman–Crippen MR) is 74.6 cm³/mol. The highest BCUT2D eigenvalue weighted by Gasteiger charge is 2.43. The van der Waals surface area contributed by atoms with Crippen LogP contribution in [0.1, 0.15) is 59.3 Å². The smallest absolute Gasteiger partial charge is 0.246 e. The molecule has 1 aliphatic carbocycles. The van der Waals surface area contributed by atoms with E-state index in [0.29, 0.717) is 5.92 Å². The molecule has 2 amide bonds. The summed E-state index contributed by atoms with van der Waals surface area (Å²) in [6.07, 6.45) is 6.66. The summed E-state index contributed by atoms with van der Waals surface area (Å²) in [5.41, 5.74) is 0. The van der Waals surface area contributed by atoms with E-state index in [4.69, 9.17) is 0 Å². The molecule has 1 saturated carbocycles. The maximum absolute atomic E-state index is 12.7. The molecule has 4 nitrogen and oxygen atoms in total. The van der Waals surface area contributed by atoms with E-state index in [-0.39, 0.29) is 29.9 Å². The lowest BCUT2D eigenvalue weighted by molar-refractivity contribution is -0.153. The summed E-state index contributed by atoms with van der Waals surface area (Å²) in [6, 6.07) is -0.472. The zero-order valence-corrected chi connectivity index (χ0v) is 12.3. The molecule has 19 heavy (non-hydrogen) atoms. The maximum atomic E-state index is 12.7. The monoisotopic (exact) mass is 266 g/mol. The third-order valence-corrected chi connectivity index (χ3v) is 4.80. The molecule has 108 valence electrons. The van der Waals surface area contributed by atoms with Gasteiger partial charge < -0.3 is 10.2 Å². The van der Waals surface area contributed by atoms with Crippen molar-refractivity contribution in [2.45, 2.75) is 77.4 Å². The van der Waals surface area contributed by atoms with Gasteiger partial charge in [-0.3, -0.25) is 9.59 Å². The number of piperazine rings is 1. The first-order valence-corrected chi connectivity index (χ1v) is 7.68. The Labute approximate surface area is 115 Å². The Hall–Kier alpha value is -1.06. The van der Waals surface area contributed by atoms with Crippen molar-refractivity contribution in [3.05, 3.63) is 0 Å². The summed E-state index contributed by atoms with van der Waals surface area (Å²) in [5.74, 6) is 0.480. The normalized spacial score (nSPS) is 31.2. The summed E-state index contributed by atoms with van der Waals surface area (Å²) < 4.78 is 0. The van der Waals surface area contributed by atoms with Gasteiger partial charge in [-0.2, -0.15) is 0 Å². The second-order valence-corrected chi connectivity index (χ2v) is 6.06. The van der Waals surface area contributed by atoms with Crippen molar-refractivity contribution in [2.24, 2.45) is 5.92 Å². The molecular formula is C15H26N2O2. The number of carbonyl (C=O) groups is 2. The minimum atomic E-state index is -0.331. The van der Waals surface area contributed by atoms with Crippen LogP contribution in [0.3, 0.4) is 0 Å². The van der Waals surface area contributed by atoms with E-state index < -0.39 is 0 Å². The van der Waals surface area contributed by atoms with E-state index in [1.165, 1.54) is 19.3 Å². The Morgan fingerprint density at radius 3 is 2.47 bits per heavy atom. The Kier molecular flexibility index (Phi) is 4.48. The number of hydrogen-bond donors (Lipinski definition) is 1. The molecule has 2 fully saturated rings. The SMILES string of the molecule is CCC(C)N1C(=O)C(C2CCCCC2)NC(=O)C1C. The van der Waals surface area contributed by atoms with Crippen molar-refractivity contribution in [3.63, 3.8) is 0 Å². The van der Waals surface area contributed by atoms with Crippen LogP contribution in [-0.2, 0) is 9.59 Å². The molecule has 0 aromatic carbocycles. The lowest BCUT2D eigenvalue weighted by Gasteiger charge is -2.43. The summed E-state index contributed by atoms with van der Waals surface area (Å²) in [7, 11) is 0. The molecule has 1 N–H and O–H groups in total. The van der Waals surface area contributed by atoms with E-state index in [2.05, 4.69) is 12.2 Å². The van der Waals surface area contributed by atoms with Gasteiger partial charge >= 0.3 is 0 Å². The topological polar surface area (TPSA) is 49.4 Å². The molecule has 1 saturated heterocycles. The molecule has 1 aliphatic heterocycles. The number of carbonyl (C=O) groups excluding carboxylic acids is 2. The van der Waals surface area contributed by atoms with Crippen LogP contribution in [0.25, 0.3) is 0 Å². The van der Waals surface area contributed by atoms with Crippen molar-refractivity contribution in [2.75, 3.05) is 0 Å². The molecule has 4 heteroatoms. The van der Waals surface area contributed by atoms with E-state index in [1.807, 2.05) is 13.8 Å². The van der Waals surface area contributed by atoms with Gasteiger partial charge in [0.15, 0.2) is 0 Å². The van der Waals surface area contributed by atoms with E-state index in [0.717, 1.165) is 19.3 Å². The Bertz CT molecular complexity index is 350. The molecule has 0 spiro atoms. The van der Waals surface area contributed by atoms with Crippen molar-refractivity contribution in [1.82, 2.24) is 10.2 Å². The average Bonchev–Trinajstić information content (AvgIpc) is 2.43. The molecule has 3 unspecified atom stereocenters. The van der Waals surface area contributed by atoms with Crippen molar-refractivity contribution in [3.8, 4) is 0 Å². The third kappa shape index (κ3) is 2.77. The Morgan fingerprint density at radius 2 is 1.89 bits per heavy atom. The molecule has 0 radical (unpaired) electrons. The van der Waals surface area contributed by atoms with Crippen LogP contribution in [0.4, 0.5) is 0 Å². The largest absolute Gasteiger partial charge is 0.342 e.